The maximum atomic E-state index is 14.1. The van der Waals surface area contributed by atoms with Gasteiger partial charge in [0.15, 0.2) is 0 Å². The van der Waals surface area contributed by atoms with E-state index in [1.54, 1.807) is 29.9 Å². The van der Waals surface area contributed by atoms with Crippen molar-refractivity contribution in [2.45, 2.75) is 6.54 Å². The highest BCUT2D eigenvalue weighted by Crippen LogP contribution is 2.18. The molecular formula is C18H14FNO4. The average Bonchev–Trinajstić information content (AvgIpc) is 2.57. The monoisotopic (exact) mass is 327 g/mol. The minimum absolute atomic E-state index is 0.217. The summed E-state index contributed by atoms with van der Waals surface area (Å²) in [7, 11) is 1.56. The van der Waals surface area contributed by atoms with Crippen LogP contribution in [0.15, 0.2) is 53.5 Å². The third-order valence-electron chi connectivity index (χ3n) is 3.80. The molecule has 0 aliphatic rings. The van der Waals surface area contributed by atoms with Crippen LogP contribution < -0.4 is 10.2 Å². The van der Waals surface area contributed by atoms with Crippen LogP contribution in [0.2, 0.25) is 0 Å². The van der Waals surface area contributed by atoms with Crippen molar-refractivity contribution in [2.75, 3.05) is 7.11 Å². The Morgan fingerprint density at radius 2 is 1.92 bits per heavy atom. The fourth-order valence-corrected chi connectivity index (χ4v) is 2.61. The second-order valence-corrected chi connectivity index (χ2v) is 5.29. The van der Waals surface area contributed by atoms with Crippen LogP contribution in [0.4, 0.5) is 4.39 Å². The topological polar surface area (TPSA) is 68.5 Å². The van der Waals surface area contributed by atoms with Crippen molar-refractivity contribution < 1.29 is 19.0 Å². The lowest BCUT2D eigenvalue weighted by molar-refractivity contribution is 0.0695. The van der Waals surface area contributed by atoms with Gasteiger partial charge in [-0.15, -0.1) is 0 Å². The van der Waals surface area contributed by atoms with Crippen molar-refractivity contribution in [3.05, 3.63) is 75.8 Å². The van der Waals surface area contributed by atoms with E-state index in [4.69, 9.17) is 4.74 Å². The number of benzene rings is 2. The molecule has 24 heavy (non-hydrogen) atoms. The van der Waals surface area contributed by atoms with Gasteiger partial charge in [0.05, 0.1) is 18.0 Å². The Bertz CT molecular complexity index is 977. The molecule has 122 valence electrons. The van der Waals surface area contributed by atoms with E-state index >= 15 is 0 Å². The molecule has 2 aromatic carbocycles. The highest BCUT2D eigenvalue weighted by Gasteiger charge is 2.17. The molecule has 0 aliphatic heterocycles. The summed E-state index contributed by atoms with van der Waals surface area (Å²) < 4.78 is 20.7. The number of carboxylic acids is 1. The minimum Gasteiger partial charge on any atom is -0.497 e. The Hall–Kier alpha value is -3.15. The maximum absolute atomic E-state index is 14.1. The summed E-state index contributed by atoms with van der Waals surface area (Å²) in [6.07, 6.45) is 1.25. The van der Waals surface area contributed by atoms with E-state index in [-0.39, 0.29) is 5.39 Å². The number of aromatic nitrogens is 1. The van der Waals surface area contributed by atoms with Gasteiger partial charge in [0, 0.05) is 12.7 Å². The number of carboxylic acid groups (broad SMARTS) is 1. The number of fused-ring (bicyclic) bond motifs is 1. The highest BCUT2D eigenvalue weighted by molar-refractivity contribution is 5.92. The molecular weight excluding hydrogens is 313 g/mol. The smallest absolute Gasteiger partial charge is 0.341 e. The van der Waals surface area contributed by atoms with E-state index in [0.29, 0.717) is 17.8 Å². The molecule has 0 aliphatic carbocycles. The third kappa shape index (κ3) is 2.74. The molecule has 0 saturated heterocycles. The molecule has 0 atom stereocenters. The predicted octanol–water partition coefficient (Wildman–Crippen LogP) is 2.90. The quantitative estimate of drug-likeness (QED) is 0.800. The van der Waals surface area contributed by atoms with Crippen molar-refractivity contribution in [2.24, 2.45) is 0 Å². The highest BCUT2D eigenvalue weighted by atomic mass is 19.1. The number of methoxy groups -OCH3 is 1. The maximum Gasteiger partial charge on any atom is 0.341 e. The van der Waals surface area contributed by atoms with Gasteiger partial charge in [0.1, 0.15) is 17.1 Å². The van der Waals surface area contributed by atoms with Crippen molar-refractivity contribution in [1.82, 2.24) is 4.57 Å². The molecule has 0 unspecified atom stereocenters. The molecule has 0 radical (unpaired) electrons. The summed E-state index contributed by atoms with van der Waals surface area (Å²) in [5.74, 6) is -1.42. The second-order valence-electron chi connectivity index (χ2n) is 5.29. The van der Waals surface area contributed by atoms with E-state index in [1.165, 1.54) is 12.3 Å². The Balaban J connectivity index is 2.19. The van der Waals surface area contributed by atoms with Crippen LogP contribution in [-0.2, 0) is 6.54 Å². The Morgan fingerprint density at radius 3 is 2.54 bits per heavy atom. The minimum atomic E-state index is -1.38. The average molecular weight is 327 g/mol. The van der Waals surface area contributed by atoms with E-state index in [9.17, 15) is 19.1 Å². The van der Waals surface area contributed by atoms with E-state index < -0.39 is 22.8 Å². The first-order chi connectivity index (χ1) is 11.5. The Kier molecular flexibility index (Phi) is 4.04. The van der Waals surface area contributed by atoms with Crippen LogP contribution in [0.25, 0.3) is 10.9 Å². The number of carbonyl (C=O) groups is 1. The molecule has 5 nitrogen and oxygen atoms in total. The predicted molar refractivity (Wildman–Crippen MR) is 87.2 cm³/mol. The Morgan fingerprint density at radius 1 is 1.21 bits per heavy atom. The van der Waals surface area contributed by atoms with Gasteiger partial charge in [-0.05, 0) is 29.8 Å². The summed E-state index contributed by atoms with van der Waals surface area (Å²) in [5.41, 5.74) is -0.0649. The summed E-state index contributed by atoms with van der Waals surface area (Å²) >= 11 is 0. The number of pyridine rings is 1. The first-order valence-electron chi connectivity index (χ1n) is 7.19. The van der Waals surface area contributed by atoms with Crippen LogP contribution in [0.1, 0.15) is 15.9 Å². The molecule has 0 bridgehead atoms. The van der Waals surface area contributed by atoms with Crippen LogP contribution in [0, 0.1) is 5.82 Å². The van der Waals surface area contributed by atoms with Gasteiger partial charge in [0.2, 0.25) is 5.43 Å². The van der Waals surface area contributed by atoms with Crippen LogP contribution in [0.3, 0.4) is 0 Å². The number of aromatic carboxylic acids is 1. The number of rotatable bonds is 4. The molecule has 1 aromatic heterocycles. The normalized spacial score (nSPS) is 10.8. The molecule has 0 amide bonds. The number of nitrogens with zero attached hydrogens (tertiary/aromatic N) is 1. The summed E-state index contributed by atoms with van der Waals surface area (Å²) in [5, 5.41) is 9.01. The van der Waals surface area contributed by atoms with Gasteiger partial charge in [-0.25, -0.2) is 9.18 Å². The molecule has 1 heterocycles. The van der Waals surface area contributed by atoms with Gasteiger partial charge in [0.25, 0.3) is 0 Å². The largest absolute Gasteiger partial charge is 0.497 e. The van der Waals surface area contributed by atoms with Crippen molar-refractivity contribution >= 4 is 16.9 Å². The van der Waals surface area contributed by atoms with Crippen molar-refractivity contribution in [3.8, 4) is 5.75 Å². The lowest BCUT2D eigenvalue weighted by Crippen LogP contribution is -2.20. The summed E-state index contributed by atoms with van der Waals surface area (Å²) in [6, 6.07) is 11.4. The number of hydrogen-bond acceptors (Lipinski definition) is 3. The van der Waals surface area contributed by atoms with Crippen molar-refractivity contribution in [1.29, 1.82) is 0 Å². The fourth-order valence-electron chi connectivity index (χ4n) is 2.61. The molecule has 0 fully saturated rings. The molecule has 3 aromatic rings. The molecule has 0 saturated carbocycles. The molecule has 0 spiro atoms. The van der Waals surface area contributed by atoms with Crippen molar-refractivity contribution in [3.63, 3.8) is 0 Å². The number of halogens is 1. The van der Waals surface area contributed by atoms with Crippen LogP contribution in [0.5, 0.6) is 5.75 Å². The molecule has 3 rings (SSSR count). The van der Waals surface area contributed by atoms with E-state index in [2.05, 4.69) is 0 Å². The third-order valence-corrected chi connectivity index (χ3v) is 3.80. The number of ether oxygens (including phenoxy) is 1. The van der Waals surface area contributed by atoms with Gasteiger partial charge in [-0.1, -0.05) is 18.2 Å². The lowest BCUT2D eigenvalue weighted by Gasteiger charge is -2.13. The van der Waals surface area contributed by atoms with Gasteiger partial charge in [-0.3, -0.25) is 4.79 Å². The van der Waals surface area contributed by atoms with Gasteiger partial charge < -0.3 is 14.4 Å². The second kappa shape index (κ2) is 6.16. The standard InChI is InChI=1S/C18H14FNO4/c1-24-12-7-5-11(6-8-12)9-20-10-13(18(22)23)17(21)16-14(19)3-2-4-15(16)20/h2-8,10H,9H2,1H3,(H,22,23). The molecule has 1 N–H and O–H groups in total. The summed E-state index contributed by atoms with van der Waals surface area (Å²) in [4.78, 5) is 23.5. The van der Waals surface area contributed by atoms with E-state index in [0.717, 1.165) is 11.6 Å². The zero-order chi connectivity index (χ0) is 17.3. The van der Waals surface area contributed by atoms with Gasteiger partial charge in [-0.2, -0.15) is 0 Å². The summed E-state index contributed by atoms with van der Waals surface area (Å²) in [6.45, 7) is 0.296. The van der Waals surface area contributed by atoms with E-state index in [1.807, 2.05) is 12.1 Å². The lowest BCUT2D eigenvalue weighted by atomic mass is 10.1. The first-order valence-corrected chi connectivity index (χ1v) is 7.19. The SMILES string of the molecule is COc1ccc(Cn2cc(C(=O)O)c(=O)c3c(F)cccc32)cc1. The first kappa shape index (κ1) is 15.7. The molecule has 6 heteroatoms. The zero-order valence-corrected chi connectivity index (χ0v) is 12.8. The van der Waals surface area contributed by atoms with Gasteiger partial charge >= 0.3 is 5.97 Å². The zero-order valence-electron chi connectivity index (χ0n) is 12.8. The fraction of sp³-hybridized carbons (Fsp3) is 0.111. The number of hydrogen-bond donors (Lipinski definition) is 1. The Labute approximate surface area is 136 Å². The van der Waals surface area contributed by atoms with Crippen LogP contribution >= 0.6 is 0 Å². The van der Waals surface area contributed by atoms with Crippen LogP contribution in [-0.4, -0.2) is 22.8 Å².